The van der Waals surface area contributed by atoms with Crippen molar-refractivity contribution in [2.24, 2.45) is 5.73 Å². The highest BCUT2D eigenvalue weighted by Gasteiger charge is 2.44. The van der Waals surface area contributed by atoms with Gasteiger partial charge in [0.15, 0.2) is 5.54 Å². The summed E-state index contributed by atoms with van der Waals surface area (Å²) in [6.07, 6.45) is -0.348. The number of carbonyl (C=O) groups is 2. The molecule has 0 radical (unpaired) electrons. The second kappa shape index (κ2) is 3.06. The Morgan fingerprint density at radius 2 is 2.13 bits per heavy atom. The molecule has 0 saturated carbocycles. The number of carboxylic acids is 1. The van der Waals surface area contributed by atoms with Gasteiger partial charge in [-0.2, -0.15) is 0 Å². The molecule has 0 bridgehead atoms. The molecule has 5 heteroatoms. The molecule has 1 aromatic rings. The second-order valence-electron chi connectivity index (χ2n) is 3.42. The summed E-state index contributed by atoms with van der Waals surface area (Å²) in [4.78, 5) is 22.2. The Morgan fingerprint density at radius 1 is 1.47 bits per heavy atom. The van der Waals surface area contributed by atoms with Gasteiger partial charge < -0.3 is 15.6 Å². The van der Waals surface area contributed by atoms with E-state index in [2.05, 4.69) is 0 Å². The molecule has 0 spiro atoms. The Kier molecular flexibility index (Phi) is 1.97. The minimum absolute atomic E-state index is 0.221. The maximum Gasteiger partial charge on any atom is 0.329 e. The number of fused-ring (bicyclic) bond motifs is 1. The summed E-state index contributed by atoms with van der Waals surface area (Å²) in [5, 5.41) is 9.03. The van der Waals surface area contributed by atoms with Crippen molar-refractivity contribution < 1.29 is 19.4 Å². The molecule has 1 heterocycles. The first-order valence-electron chi connectivity index (χ1n) is 4.36. The van der Waals surface area contributed by atoms with Crippen LogP contribution in [0.4, 0.5) is 0 Å². The van der Waals surface area contributed by atoms with Gasteiger partial charge in [0.1, 0.15) is 5.75 Å². The van der Waals surface area contributed by atoms with Crippen LogP contribution in [0.15, 0.2) is 24.3 Å². The van der Waals surface area contributed by atoms with Crippen LogP contribution in [0.2, 0.25) is 0 Å². The average Bonchev–Trinajstić information content (AvgIpc) is 2.17. The van der Waals surface area contributed by atoms with Crippen LogP contribution >= 0.6 is 0 Å². The van der Waals surface area contributed by atoms with Crippen LogP contribution < -0.4 is 10.5 Å². The van der Waals surface area contributed by atoms with Gasteiger partial charge in [0.05, 0.1) is 6.42 Å². The van der Waals surface area contributed by atoms with Crippen molar-refractivity contribution in [1.82, 2.24) is 0 Å². The van der Waals surface area contributed by atoms with Gasteiger partial charge in [0.2, 0.25) is 0 Å². The molecule has 2 rings (SSSR count). The quantitative estimate of drug-likeness (QED) is 0.508. The molecular formula is C10H9NO4. The summed E-state index contributed by atoms with van der Waals surface area (Å²) in [5.74, 6) is -1.64. The van der Waals surface area contributed by atoms with E-state index in [-0.39, 0.29) is 12.2 Å². The van der Waals surface area contributed by atoms with Crippen LogP contribution in [-0.2, 0) is 15.1 Å². The van der Waals surface area contributed by atoms with Crippen LogP contribution in [0.1, 0.15) is 12.0 Å². The lowest BCUT2D eigenvalue weighted by Crippen LogP contribution is -2.49. The smallest absolute Gasteiger partial charge is 0.329 e. The zero-order chi connectivity index (χ0) is 11.1. The molecule has 5 nitrogen and oxygen atoms in total. The summed E-state index contributed by atoms with van der Waals surface area (Å²) in [5.41, 5.74) is 4.36. The highest BCUT2D eigenvalue weighted by molar-refractivity contribution is 5.90. The van der Waals surface area contributed by atoms with E-state index < -0.39 is 17.5 Å². The van der Waals surface area contributed by atoms with Crippen LogP contribution in [0, 0.1) is 0 Å². The monoisotopic (exact) mass is 207 g/mol. The number of esters is 1. The lowest BCUT2D eigenvalue weighted by Gasteiger charge is -2.29. The fourth-order valence-electron chi connectivity index (χ4n) is 1.60. The molecule has 15 heavy (non-hydrogen) atoms. The second-order valence-corrected chi connectivity index (χ2v) is 3.42. The molecule has 1 atom stereocenters. The number of hydrogen-bond acceptors (Lipinski definition) is 4. The number of aliphatic carboxylic acids is 1. The Morgan fingerprint density at radius 3 is 2.80 bits per heavy atom. The number of carbonyl (C=O) groups excluding carboxylic acids is 1. The van der Waals surface area contributed by atoms with Crippen LogP contribution in [-0.4, -0.2) is 17.0 Å². The first-order chi connectivity index (χ1) is 7.04. The highest BCUT2D eigenvalue weighted by Crippen LogP contribution is 2.35. The fraction of sp³-hybridized carbons (Fsp3) is 0.200. The van der Waals surface area contributed by atoms with E-state index in [1.165, 1.54) is 6.07 Å². The third-order valence-corrected chi connectivity index (χ3v) is 2.40. The number of ether oxygens (including phenoxy) is 1. The van der Waals surface area contributed by atoms with Gasteiger partial charge in [-0.15, -0.1) is 0 Å². The standard InChI is InChI=1S/C10H9NO4/c11-10(9(13)14)5-8(12)15-7-4-2-1-3-6(7)10/h1-4H,5,11H2,(H,13,14)/t10-/m0/s1. The van der Waals surface area contributed by atoms with Crippen LogP contribution in [0.3, 0.4) is 0 Å². The molecule has 1 aliphatic rings. The summed E-state index contributed by atoms with van der Waals surface area (Å²) in [6.45, 7) is 0. The zero-order valence-electron chi connectivity index (χ0n) is 7.77. The molecule has 0 aromatic heterocycles. The van der Waals surface area contributed by atoms with E-state index in [4.69, 9.17) is 15.6 Å². The molecular weight excluding hydrogens is 198 g/mol. The fourth-order valence-corrected chi connectivity index (χ4v) is 1.60. The van der Waals surface area contributed by atoms with Gasteiger partial charge in [0, 0.05) is 5.56 Å². The molecule has 0 amide bonds. The normalized spacial score (nSPS) is 24.2. The number of rotatable bonds is 1. The Bertz CT molecular complexity index is 443. The van der Waals surface area contributed by atoms with Crippen molar-refractivity contribution in [3.63, 3.8) is 0 Å². The molecule has 1 aliphatic heterocycles. The molecule has 78 valence electrons. The number of hydrogen-bond donors (Lipinski definition) is 2. The number of nitrogens with two attached hydrogens (primary N) is 1. The predicted octanol–water partition coefficient (Wildman–Crippen LogP) is 0.234. The predicted molar refractivity (Wildman–Crippen MR) is 50.2 cm³/mol. The lowest BCUT2D eigenvalue weighted by molar-refractivity contribution is -0.151. The van der Waals surface area contributed by atoms with Crippen LogP contribution in [0.25, 0.3) is 0 Å². The third kappa shape index (κ3) is 1.37. The van der Waals surface area contributed by atoms with E-state index in [0.29, 0.717) is 5.56 Å². The Balaban J connectivity index is 2.61. The maximum atomic E-state index is 11.2. The van der Waals surface area contributed by atoms with Crippen LogP contribution in [0.5, 0.6) is 5.75 Å². The summed E-state index contributed by atoms with van der Waals surface area (Å²) >= 11 is 0. The van der Waals surface area contributed by atoms with Crippen molar-refractivity contribution >= 4 is 11.9 Å². The van der Waals surface area contributed by atoms with Crippen molar-refractivity contribution in [1.29, 1.82) is 0 Å². The average molecular weight is 207 g/mol. The minimum atomic E-state index is -1.67. The summed E-state index contributed by atoms with van der Waals surface area (Å²) in [7, 11) is 0. The molecule has 0 fully saturated rings. The Labute approximate surface area is 85.5 Å². The van der Waals surface area contributed by atoms with Gasteiger partial charge >= 0.3 is 11.9 Å². The highest BCUT2D eigenvalue weighted by atomic mass is 16.5. The number of carboxylic acid groups (broad SMARTS) is 1. The van der Waals surface area contributed by atoms with Crippen molar-refractivity contribution in [2.45, 2.75) is 12.0 Å². The summed E-state index contributed by atoms with van der Waals surface area (Å²) < 4.78 is 4.90. The van der Waals surface area contributed by atoms with E-state index >= 15 is 0 Å². The maximum absolute atomic E-state index is 11.2. The van der Waals surface area contributed by atoms with E-state index in [0.717, 1.165) is 0 Å². The number of para-hydroxylation sites is 1. The first-order valence-corrected chi connectivity index (χ1v) is 4.36. The molecule has 3 N–H and O–H groups in total. The van der Waals surface area contributed by atoms with Crippen molar-refractivity contribution in [3.05, 3.63) is 29.8 Å². The van der Waals surface area contributed by atoms with Gasteiger partial charge in [-0.25, -0.2) is 4.79 Å². The van der Waals surface area contributed by atoms with E-state index in [1.54, 1.807) is 18.2 Å². The largest absolute Gasteiger partial charge is 0.480 e. The molecule has 0 aliphatic carbocycles. The zero-order valence-corrected chi connectivity index (χ0v) is 7.77. The SMILES string of the molecule is N[C@@]1(C(=O)O)CC(=O)Oc2ccccc21. The van der Waals surface area contributed by atoms with Gasteiger partial charge in [-0.1, -0.05) is 18.2 Å². The van der Waals surface area contributed by atoms with E-state index in [9.17, 15) is 9.59 Å². The topological polar surface area (TPSA) is 89.6 Å². The summed E-state index contributed by atoms with van der Waals surface area (Å²) in [6, 6.07) is 6.38. The van der Waals surface area contributed by atoms with Gasteiger partial charge in [-0.3, -0.25) is 4.79 Å². The number of benzene rings is 1. The van der Waals surface area contributed by atoms with Gasteiger partial charge in [0.25, 0.3) is 0 Å². The van der Waals surface area contributed by atoms with Crippen molar-refractivity contribution in [3.8, 4) is 5.75 Å². The Hall–Kier alpha value is -1.88. The first kappa shape index (κ1) is 9.67. The lowest BCUT2D eigenvalue weighted by atomic mass is 9.85. The molecule has 1 aromatic carbocycles. The van der Waals surface area contributed by atoms with Gasteiger partial charge in [-0.05, 0) is 6.07 Å². The third-order valence-electron chi connectivity index (χ3n) is 2.40. The minimum Gasteiger partial charge on any atom is -0.480 e. The van der Waals surface area contributed by atoms with Crippen molar-refractivity contribution in [2.75, 3.05) is 0 Å². The molecule has 0 saturated heterocycles. The van der Waals surface area contributed by atoms with E-state index in [1.807, 2.05) is 0 Å². The molecule has 0 unspecified atom stereocenters.